The van der Waals surface area contributed by atoms with Crippen LogP contribution in [-0.2, 0) is 33.4 Å². The van der Waals surface area contributed by atoms with E-state index in [9.17, 15) is 19.2 Å². The Balaban J connectivity index is 0.000000220. The maximum atomic E-state index is 12.2. The predicted octanol–water partition coefficient (Wildman–Crippen LogP) is 0.160. The first-order chi connectivity index (χ1) is 19.4. The predicted molar refractivity (Wildman–Crippen MR) is 145 cm³/mol. The zero-order valence-corrected chi connectivity index (χ0v) is 23.9. The SMILES string of the molecule is CCOC(=O)C1CCN(C(=O)CN2CCOCC2)CC1.N#CCC(=O)C1CCN(C(=O)CN2CCOCC2)CC1. The molecular formula is C28H45N5O7. The standard InChI is InChI=1S/C14H21N3O3.C14H24N2O4/c15-4-1-13(18)12-2-5-17(6-3-12)14(19)11-16-7-9-20-10-8-16;1-2-20-14(18)12-3-5-16(6-4-12)13(17)11-15-7-9-19-10-8-15/h12H,1-3,5-11H2;12H,2-11H2,1H3. The zero-order chi connectivity index (χ0) is 28.7. The number of Topliss-reactive ketones (excluding diaryl/α,β-unsaturated/α-hetero) is 1. The zero-order valence-electron chi connectivity index (χ0n) is 23.9. The second-order valence-electron chi connectivity index (χ2n) is 10.6. The van der Waals surface area contributed by atoms with Crippen molar-refractivity contribution in [3.05, 3.63) is 0 Å². The van der Waals surface area contributed by atoms with Crippen LogP contribution in [-0.4, -0.2) is 142 Å². The molecule has 12 nitrogen and oxygen atoms in total. The molecule has 0 bridgehead atoms. The van der Waals surface area contributed by atoms with Crippen LogP contribution in [0.25, 0.3) is 0 Å². The summed E-state index contributed by atoms with van der Waals surface area (Å²) in [7, 11) is 0. The first-order valence-electron chi connectivity index (χ1n) is 14.6. The van der Waals surface area contributed by atoms with E-state index in [-0.39, 0.29) is 41.8 Å². The summed E-state index contributed by atoms with van der Waals surface area (Å²) < 4.78 is 15.6. The molecule has 4 rings (SSSR count). The van der Waals surface area contributed by atoms with Gasteiger partial charge in [0.25, 0.3) is 0 Å². The molecule has 4 saturated heterocycles. The van der Waals surface area contributed by atoms with Crippen LogP contribution in [0.3, 0.4) is 0 Å². The van der Waals surface area contributed by atoms with Gasteiger partial charge in [-0.2, -0.15) is 5.26 Å². The van der Waals surface area contributed by atoms with E-state index >= 15 is 0 Å². The summed E-state index contributed by atoms with van der Waals surface area (Å²) in [4.78, 5) is 55.6. The van der Waals surface area contributed by atoms with Crippen LogP contribution in [0.4, 0.5) is 0 Å². The van der Waals surface area contributed by atoms with E-state index in [1.54, 1.807) is 0 Å². The topological polar surface area (TPSA) is 133 Å². The van der Waals surface area contributed by atoms with Crippen molar-refractivity contribution in [3.63, 3.8) is 0 Å². The van der Waals surface area contributed by atoms with Gasteiger partial charge in [0.15, 0.2) is 0 Å². The number of likely N-dealkylation sites (tertiary alicyclic amines) is 2. The Kier molecular flexibility index (Phi) is 13.8. The average Bonchev–Trinajstić information content (AvgIpc) is 2.99. The van der Waals surface area contributed by atoms with E-state index < -0.39 is 0 Å². The molecule has 4 heterocycles. The molecule has 0 aliphatic carbocycles. The highest BCUT2D eigenvalue weighted by Crippen LogP contribution is 2.20. The van der Waals surface area contributed by atoms with Crippen molar-refractivity contribution < 1.29 is 33.4 Å². The summed E-state index contributed by atoms with van der Waals surface area (Å²) in [6, 6.07) is 1.90. The summed E-state index contributed by atoms with van der Waals surface area (Å²) in [5.41, 5.74) is 0. The molecule has 4 aliphatic rings. The number of amides is 2. The summed E-state index contributed by atoms with van der Waals surface area (Å²) in [5, 5.41) is 8.54. The van der Waals surface area contributed by atoms with E-state index in [0.717, 1.165) is 26.2 Å². The molecule has 0 spiro atoms. The number of esters is 1. The molecule has 40 heavy (non-hydrogen) atoms. The van der Waals surface area contributed by atoms with Gasteiger partial charge >= 0.3 is 5.97 Å². The van der Waals surface area contributed by atoms with E-state index in [1.165, 1.54) is 0 Å². The fourth-order valence-electron chi connectivity index (χ4n) is 5.40. The summed E-state index contributed by atoms with van der Waals surface area (Å²) in [6.07, 6.45) is 2.80. The minimum Gasteiger partial charge on any atom is -0.466 e. The number of nitriles is 1. The number of carbonyl (C=O) groups excluding carboxylic acids is 4. The lowest BCUT2D eigenvalue weighted by Crippen LogP contribution is -2.47. The molecule has 0 N–H and O–H groups in total. The van der Waals surface area contributed by atoms with Gasteiger partial charge in [0, 0.05) is 58.3 Å². The Morgan fingerprint density at radius 3 is 1.55 bits per heavy atom. The summed E-state index contributed by atoms with van der Waals surface area (Å²) in [6.45, 7) is 11.8. The second-order valence-corrected chi connectivity index (χ2v) is 10.6. The van der Waals surface area contributed by atoms with E-state index in [2.05, 4.69) is 9.80 Å². The Morgan fingerprint density at radius 2 is 1.15 bits per heavy atom. The number of hydrogen-bond acceptors (Lipinski definition) is 10. The number of hydrogen-bond donors (Lipinski definition) is 0. The smallest absolute Gasteiger partial charge is 0.309 e. The van der Waals surface area contributed by atoms with Crippen molar-refractivity contribution >= 4 is 23.6 Å². The summed E-state index contributed by atoms with van der Waals surface area (Å²) in [5.74, 6) is 0.123. The Hall–Kier alpha value is -2.59. The molecule has 12 heteroatoms. The minimum absolute atomic E-state index is 0.00755. The third-order valence-corrected chi connectivity index (χ3v) is 7.95. The highest BCUT2D eigenvalue weighted by molar-refractivity contribution is 5.83. The van der Waals surface area contributed by atoms with Crippen LogP contribution < -0.4 is 0 Å². The van der Waals surface area contributed by atoms with Crippen LogP contribution in [0, 0.1) is 23.2 Å². The lowest BCUT2D eigenvalue weighted by molar-refractivity contribution is -0.151. The number of rotatable bonds is 8. The number of nitrogens with zero attached hydrogens (tertiary/aromatic N) is 5. The molecule has 0 saturated carbocycles. The molecule has 4 aliphatic heterocycles. The first-order valence-corrected chi connectivity index (χ1v) is 14.6. The number of ether oxygens (including phenoxy) is 3. The fraction of sp³-hybridized carbons (Fsp3) is 0.821. The van der Waals surface area contributed by atoms with E-state index in [4.69, 9.17) is 19.5 Å². The largest absolute Gasteiger partial charge is 0.466 e. The van der Waals surface area contributed by atoms with Gasteiger partial charge in [0.05, 0.1) is 64.5 Å². The highest BCUT2D eigenvalue weighted by Gasteiger charge is 2.29. The molecule has 224 valence electrons. The van der Waals surface area contributed by atoms with Crippen LogP contribution in [0.15, 0.2) is 0 Å². The normalized spacial score (nSPS) is 21.6. The van der Waals surface area contributed by atoms with Crippen molar-refractivity contribution in [2.45, 2.75) is 39.0 Å². The monoisotopic (exact) mass is 563 g/mol. The van der Waals surface area contributed by atoms with Crippen molar-refractivity contribution in [1.29, 1.82) is 5.26 Å². The molecule has 0 atom stereocenters. The quantitative estimate of drug-likeness (QED) is 0.376. The maximum absolute atomic E-state index is 12.2. The fourth-order valence-corrected chi connectivity index (χ4v) is 5.40. The lowest BCUT2D eigenvalue weighted by atomic mass is 9.91. The number of morpholine rings is 2. The summed E-state index contributed by atoms with van der Waals surface area (Å²) >= 11 is 0. The third kappa shape index (κ3) is 10.4. The van der Waals surface area contributed by atoms with Crippen LogP contribution in [0.2, 0.25) is 0 Å². The van der Waals surface area contributed by atoms with Gasteiger partial charge in [-0.15, -0.1) is 0 Å². The Bertz CT molecular complexity index is 867. The van der Waals surface area contributed by atoms with Crippen LogP contribution in [0.1, 0.15) is 39.0 Å². The Morgan fingerprint density at radius 1 is 0.725 bits per heavy atom. The van der Waals surface area contributed by atoms with Crippen LogP contribution >= 0.6 is 0 Å². The molecule has 0 aromatic carbocycles. The van der Waals surface area contributed by atoms with Gasteiger partial charge in [0.1, 0.15) is 5.78 Å². The third-order valence-electron chi connectivity index (χ3n) is 7.95. The van der Waals surface area contributed by atoms with Gasteiger partial charge in [-0.1, -0.05) is 0 Å². The van der Waals surface area contributed by atoms with E-state index in [1.807, 2.05) is 22.8 Å². The average molecular weight is 564 g/mol. The molecule has 0 unspecified atom stereocenters. The van der Waals surface area contributed by atoms with Crippen molar-refractivity contribution in [3.8, 4) is 6.07 Å². The number of ketones is 1. The number of piperidine rings is 2. The van der Waals surface area contributed by atoms with Crippen molar-refractivity contribution in [2.24, 2.45) is 11.8 Å². The molecule has 4 fully saturated rings. The van der Waals surface area contributed by atoms with Gasteiger partial charge in [-0.3, -0.25) is 29.0 Å². The van der Waals surface area contributed by atoms with Crippen molar-refractivity contribution in [2.75, 3.05) is 98.5 Å². The van der Waals surface area contributed by atoms with Crippen molar-refractivity contribution in [1.82, 2.24) is 19.6 Å². The van der Waals surface area contributed by atoms with Gasteiger partial charge in [0.2, 0.25) is 11.8 Å². The molecule has 0 radical (unpaired) electrons. The lowest BCUT2D eigenvalue weighted by Gasteiger charge is -2.33. The van der Waals surface area contributed by atoms with Gasteiger partial charge in [-0.05, 0) is 32.6 Å². The van der Waals surface area contributed by atoms with Gasteiger partial charge in [-0.25, -0.2) is 0 Å². The molecular weight excluding hydrogens is 518 g/mol. The Labute approximate surface area is 237 Å². The van der Waals surface area contributed by atoms with Crippen LogP contribution in [0.5, 0.6) is 0 Å². The van der Waals surface area contributed by atoms with Gasteiger partial charge < -0.3 is 24.0 Å². The molecule has 0 aromatic rings. The second kappa shape index (κ2) is 17.3. The van der Waals surface area contributed by atoms with E-state index in [0.29, 0.717) is 98.0 Å². The first kappa shape index (κ1) is 31.9. The molecule has 2 amide bonds. The maximum Gasteiger partial charge on any atom is 0.309 e. The molecule has 0 aromatic heterocycles. The minimum atomic E-state index is -0.118. The highest BCUT2D eigenvalue weighted by atomic mass is 16.5. The number of carbonyl (C=O) groups is 4.